The molecule has 0 aromatic carbocycles. The summed E-state index contributed by atoms with van der Waals surface area (Å²) >= 11 is 0. The maximum absolute atomic E-state index is 12.0. The summed E-state index contributed by atoms with van der Waals surface area (Å²) in [6.07, 6.45) is 3.08. The van der Waals surface area contributed by atoms with Crippen molar-refractivity contribution in [1.82, 2.24) is 10.6 Å². The average molecular weight is 240 g/mol. The predicted molar refractivity (Wildman–Crippen MR) is 71.9 cm³/mol. The van der Waals surface area contributed by atoms with Crippen molar-refractivity contribution in [3.05, 3.63) is 0 Å². The first-order valence-electron chi connectivity index (χ1n) is 6.83. The Morgan fingerprint density at radius 3 is 2.65 bits per heavy atom. The maximum atomic E-state index is 12.0. The summed E-state index contributed by atoms with van der Waals surface area (Å²) in [5, 5.41) is 6.56. The minimum atomic E-state index is 0.126. The molecule has 1 saturated heterocycles. The van der Waals surface area contributed by atoms with Crippen LogP contribution in [0.3, 0.4) is 0 Å². The molecule has 1 heterocycles. The lowest BCUT2D eigenvalue weighted by Gasteiger charge is -2.32. The highest BCUT2D eigenvalue weighted by molar-refractivity contribution is 5.77. The summed E-state index contributed by atoms with van der Waals surface area (Å²) in [6, 6.07) is 0.574. The van der Waals surface area contributed by atoms with Crippen LogP contribution in [0.2, 0.25) is 0 Å². The molecule has 1 amide bonds. The number of piperidine rings is 1. The monoisotopic (exact) mass is 240 g/mol. The lowest BCUT2D eigenvalue weighted by atomic mass is 9.87. The summed E-state index contributed by atoms with van der Waals surface area (Å²) in [5.41, 5.74) is 0.126. The Hall–Kier alpha value is -0.570. The largest absolute Gasteiger partial charge is 0.353 e. The molecule has 3 nitrogen and oxygen atoms in total. The fourth-order valence-electron chi connectivity index (χ4n) is 2.10. The highest BCUT2D eigenvalue weighted by Crippen LogP contribution is 2.20. The third-order valence-electron chi connectivity index (χ3n) is 4.01. The minimum absolute atomic E-state index is 0.126. The van der Waals surface area contributed by atoms with Crippen LogP contribution in [0.25, 0.3) is 0 Å². The van der Waals surface area contributed by atoms with Crippen LogP contribution in [-0.4, -0.2) is 24.5 Å². The number of rotatable bonds is 3. The quantitative estimate of drug-likeness (QED) is 0.795. The zero-order valence-corrected chi connectivity index (χ0v) is 12.0. The number of carbonyl (C=O) groups excluding carboxylic acids is 1. The van der Waals surface area contributed by atoms with E-state index < -0.39 is 0 Å². The molecule has 17 heavy (non-hydrogen) atoms. The van der Waals surface area contributed by atoms with Gasteiger partial charge in [0, 0.05) is 18.5 Å². The third kappa shape index (κ3) is 4.66. The molecular formula is C14H28N2O. The van der Waals surface area contributed by atoms with Gasteiger partial charge in [0.2, 0.25) is 5.91 Å². The smallest absolute Gasteiger partial charge is 0.221 e. The number of amides is 1. The van der Waals surface area contributed by atoms with E-state index in [1.807, 2.05) is 0 Å². The van der Waals surface area contributed by atoms with Gasteiger partial charge in [0.05, 0.1) is 0 Å². The van der Waals surface area contributed by atoms with Gasteiger partial charge >= 0.3 is 0 Å². The van der Waals surface area contributed by atoms with Crippen molar-refractivity contribution in [2.45, 2.75) is 66.0 Å². The number of hydrogen-bond donors (Lipinski definition) is 2. The van der Waals surface area contributed by atoms with E-state index in [1.54, 1.807) is 0 Å². The van der Waals surface area contributed by atoms with Crippen LogP contribution < -0.4 is 10.6 Å². The first-order valence-corrected chi connectivity index (χ1v) is 6.83. The Kier molecular flexibility index (Phi) is 4.99. The average Bonchev–Trinajstić information content (AvgIpc) is 2.20. The molecule has 1 rings (SSSR count). The molecule has 3 atom stereocenters. The SMILES string of the molecule is CC1CCCNC1CC(=O)NC(C)C(C)(C)C. The summed E-state index contributed by atoms with van der Waals surface area (Å²) in [7, 11) is 0. The fraction of sp³-hybridized carbons (Fsp3) is 0.929. The van der Waals surface area contributed by atoms with Gasteiger partial charge in [-0.15, -0.1) is 0 Å². The van der Waals surface area contributed by atoms with E-state index in [0.29, 0.717) is 18.4 Å². The Bertz CT molecular complexity index is 257. The van der Waals surface area contributed by atoms with E-state index in [1.165, 1.54) is 12.8 Å². The molecule has 3 heteroatoms. The van der Waals surface area contributed by atoms with Crippen molar-refractivity contribution >= 4 is 5.91 Å². The van der Waals surface area contributed by atoms with Crippen LogP contribution in [0, 0.1) is 11.3 Å². The number of nitrogens with one attached hydrogen (secondary N) is 2. The van der Waals surface area contributed by atoms with Crippen molar-refractivity contribution in [2.24, 2.45) is 11.3 Å². The number of hydrogen-bond acceptors (Lipinski definition) is 2. The normalized spacial score (nSPS) is 27.6. The van der Waals surface area contributed by atoms with E-state index >= 15 is 0 Å². The van der Waals surface area contributed by atoms with Crippen LogP contribution in [-0.2, 0) is 4.79 Å². The molecule has 0 bridgehead atoms. The Morgan fingerprint density at radius 2 is 2.12 bits per heavy atom. The van der Waals surface area contributed by atoms with E-state index in [-0.39, 0.29) is 17.4 Å². The van der Waals surface area contributed by atoms with Crippen LogP contribution in [0.15, 0.2) is 0 Å². The summed E-state index contributed by atoms with van der Waals surface area (Å²) in [6.45, 7) is 11.8. The highest BCUT2D eigenvalue weighted by Gasteiger charge is 2.26. The lowest BCUT2D eigenvalue weighted by molar-refractivity contribution is -0.123. The lowest BCUT2D eigenvalue weighted by Crippen LogP contribution is -2.47. The fourth-order valence-corrected chi connectivity index (χ4v) is 2.10. The molecule has 0 radical (unpaired) electrons. The maximum Gasteiger partial charge on any atom is 0.221 e. The first kappa shape index (κ1) is 14.5. The molecule has 0 aromatic rings. The Balaban J connectivity index is 2.38. The second-order valence-corrected chi connectivity index (χ2v) is 6.54. The van der Waals surface area contributed by atoms with Gasteiger partial charge in [-0.1, -0.05) is 27.7 Å². The third-order valence-corrected chi connectivity index (χ3v) is 4.01. The van der Waals surface area contributed by atoms with Gasteiger partial charge in [-0.25, -0.2) is 0 Å². The van der Waals surface area contributed by atoms with Gasteiger partial charge in [-0.05, 0) is 37.6 Å². The molecular weight excluding hydrogens is 212 g/mol. The van der Waals surface area contributed by atoms with Crippen molar-refractivity contribution < 1.29 is 4.79 Å². The van der Waals surface area contributed by atoms with E-state index in [0.717, 1.165) is 6.54 Å². The summed E-state index contributed by atoms with van der Waals surface area (Å²) < 4.78 is 0. The molecule has 1 aliphatic rings. The number of carbonyl (C=O) groups is 1. The van der Waals surface area contributed by atoms with Gasteiger partial charge in [-0.3, -0.25) is 4.79 Å². The summed E-state index contributed by atoms with van der Waals surface area (Å²) in [5.74, 6) is 0.790. The van der Waals surface area contributed by atoms with Crippen molar-refractivity contribution in [3.8, 4) is 0 Å². The van der Waals surface area contributed by atoms with Crippen LogP contribution in [0.1, 0.15) is 53.9 Å². The van der Waals surface area contributed by atoms with Crippen LogP contribution >= 0.6 is 0 Å². The summed E-state index contributed by atoms with van der Waals surface area (Å²) in [4.78, 5) is 12.0. The molecule has 0 aromatic heterocycles. The molecule has 0 spiro atoms. The zero-order chi connectivity index (χ0) is 13.1. The molecule has 1 fully saturated rings. The van der Waals surface area contributed by atoms with Gasteiger partial charge in [0.25, 0.3) is 0 Å². The first-order chi connectivity index (χ1) is 7.80. The Labute approximate surface area is 106 Å². The topological polar surface area (TPSA) is 41.1 Å². The molecule has 1 aliphatic heterocycles. The van der Waals surface area contributed by atoms with E-state index in [9.17, 15) is 4.79 Å². The van der Waals surface area contributed by atoms with Crippen molar-refractivity contribution in [3.63, 3.8) is 0 Å². The highest BCUT2D eigenvalue weighted by atomic mass is 16.1. The molecule has 100 valence electrons. The van der Waals surface area contributed by atoms with Crippen molar-refractivity contribution in [1.29, 1.82) is 0 Å². The van der Waals surface area contributed by atoms with E-state index in [4.69, 9.17) is 0 Å². The van der Waals surface area contributed by atoms with Gasteiger partial charge < -0.3 is 10.6 Å². The molecule has 0 aliphatic carbocycles. The van der Waals surface area contributed by atoms with Crippen LogP contribution in [0.5, 0.6) is 0 Å². The molecule has 0 saturated carbocycles. The molecule has 2 N–H and O–H groups in total. The second-order valence-electron chi connectivity index (χ2n) is 6.54. The standard InChI is InChI=1S/C14H28N2O/c1-10-7-6-8-15-12(10)9-13(17)16-11(2)14(3,4)5/h10-12,15H,6-9H2,1-5H3,(H,16,17). The van der Waals surface area contributed by atoms with E-state index in [2.05, 4.69) is 45.3 Å². The molecule has 3 unspecified atom stereocenters. The zero-order valence-electron chi connectivity index (χ0n) is 12.0. The van der Waals surface area contributed by atoms with Gasteiger partial charge in [0.1, 0.15) is 0 Å². The van der Waals surface area contributed by atoms with Gasteiger partial charge in [-0.2, -0.15) is 0 Å². The van der Waals surface area contributed by atoms with Gasteiger partial charge in [0.15, 0.2) is 0 Å². The van der Waals surface area contributed by atoms with Crippen molar-refractivity contribution in [2.75, 3.05) is 6.54 Å². The Morgan fingerprint density at radius 1 is 1.47 bits per heavy atom. The second kappa shape index (κ2) is 5.85. The van der Waals surface area contributed by atoms with Crippen LogP contribution in [0.4, 0.5) is 0 Å². The minimum Gasteiger partial charge on any atom is -0.353 e. The predicted octanol–water partition coefficient (Wildman–Crippen LogP) is 2.32.